The molecule has 2 fully saturated rings. The maximum absolute atomic E-state index is 13.5. The van der Waals surface area contributed by atoms with E-state index in [1.807, 2.05) is 11.7 Å². The average Bonchev–Trinajstić information content (AvgIpc) is 3.37. The molecular formula is C23H26ClFN6. The van der Waals surface area contributed by atoms with Crippen LogP contribution in [0, 0.1) is 24.6 Å². The van der Waals surface area contributed by atoms with E-state index in [4.69, 9.17) is 11.6 Å². The van der Waals surface area contributed by atoms with Crippen LogP contribution in [0.25, 0.3) is 11.1 Å². The molecule has 5 rings (SSSR count). The van der Waals surface area contributed by atoms with Crippen molar-refractivity contribution >= 4 is 17.5 Å². The molecule has 0 amide bonds. The molecule has 31 heavy (non-hydrogen) atoms. The minimum absolute atomic E-state index is 0.327. The molecule has 0 bridgehead atoms. The lowest BCUT2D eigenvalue weighted by atomic mass is 10.0. The van der Waals surface area contributed by atoms with Crippen LogP contribution in [0.4, 0.5) is 10.3 Å². The number of likely N-dealkylation sites (tertiary alicyclic amines) is 1. The van der Waals surface area contributed by atoms with Gasteiger partial charge in [0.15, 0.2) is 0 Å². The zero-order valence-corrected chi connectivity index (χ0v) is 18.5. The first-order valence-corrected chi connectivity index (χ1v) is 11.1. The molecule has 6 nitrogen and oxygen atoms in total. The fraction of sp³-hybridized carbons (Fsp3) is 0.435. The van der Waals surface area contributed by atoms with Crippen LogP contribution >= 0.6 is 11.6 Å². The number of hydrogen-bond acceptors (Lipinski definition) is 5. The van der Waals surface area contributed by atoms with E-state index >= 15 is 0 Å². The van der Waals surface area contributed by atoms with Crippen molar-refractivity contribution in [1.29, 1.82) is 0 Å². The van der Waals surface area contributed by atoms with E-state index in [0.29, 0.717) is 40.0 Å². The zero-order valence-electron chi connectivity index (χ0n) is 17.7. The first kappa shape index (κ1) is 20.4. The van der Waals surface area contributed by atoms with Crippen LogP contribution in [-0.2, 0) is 13.6 Å². The number of halogens is 2. The quantitative estimate of drug-likeness (QED) is 0.641. The molecule has 2 aliphatic rings. The Kier molecular flexibility index (Phi) is 5.40. The molecule has 1 aliphatic heterocycles. The largest absolute Gasteiger partial charge is 0.351 e. The molecular weight excluding hydrogens is 415 g/mol. The van der Waals surface area contributed by atoms with Gasteiger partial charge in [0.2, 0.25) is 5.95 Å². The summed E-state index contributed by atoms with van der Waals surface area (Å²) < 4.78 is 15.5. The first-order valence-electron chi connectivity index (χ1n) is 10.7. The number of aromatic nitrogens is 4. The summed E-state index contributed by atoms with van der Waals surface area (Å²) in [7, 11) is 2.00. The lowest BCUT2D eigenvalue weighted by molar-refractivity contribution is 0.296. The Morgan fingerprint density at radius 2 is 1.84 bits per heavy atom. The molecule has 3 heterocycles. The summed E-state index contributed by atoms with van der Waals surface area (Å²) in [5, 5.41) is 8.57. The topological polar surface area (TPSA) is 58.9 Å². The SMILES string of the molecule is Cc1cc(CN2C[C@H]3C[C@@H](Nc4ncc(-c5cc(F)ccc5Cl)cn4)C[C@H]3C2)nn1C. The molecule has 1 aliphatic carbocycles. The van der Waals surface area contributed by atoms with Gasteiger partial charge >= 0.3 is 0 Å². The Labute approximate surface area is 186 Å². The maximum Gasteiger partial charge on any atom is 0.222 e. The summed E-state index contributed by atoms with van der Waals surface area (Å²) in [6.07, 6.45) is 5.65. The predicted octanol–water partition coefficient (Wildman–Crippen LogP) is 4.30. The zero-order chi connectivity index (χ0) is 21.5. The van der Waals surface area contributed by atoms with E-state index in [-0.39, 0.29) is 5.82 Å². The smallest absolute Gasteiger partial charge is 0.222 e. The van der Waals surface area contributed by atoms with Crippen molar-refractivity contribution < 1.29 is 4.39 Å². The summed E-state index contributed by atoms with van der Waals surface area (Å²) in [5.41, 5.74) is 3.66. The molecule has 162 valence electrons. The number of nitrogens with one attached hydrogen (secondary N) is 1. The van der Waals surface area contributed by atoms with Crippen LogP contribution in [-0.4, -0.2) is 43.8 Å². The Bertz CT molecular complexity index is 1050. The van der Waals surface area contributed by atoms with E-state index < -0.39 is 0 Å². The van der Waals surface area contributed by atoms with Gasteiger partial charge in [-0.25, -0.2) is 14.4 Å². The highest BCUT2D eigenvalue weighted by molar-refractivity contribution is 6.33. The second kappa shape index (κ2) is 8.20. The summed E-state index contributed by atoms with van der Waals surface area (Å²) in [6.45, 7) is 5.26. The van der Waals surface area contributed by atoms with Crippen LogP contribution in [0.1, 0.15) is 24.2 Å². The van der Waals surface area contributed by atoms with Gasteiger partial charge in [0.25, 0.3) is 0 Å². The van der Waals surface area contributed by atoms with Crippen molar-refractivity contribution in [3.63, 3.8) is 0 Å². The average molecular weight is 441 g/mol. The summed E-state index contributed by atoms with van der Waals surface area (Å²) in [5.74, 6) is 1.69. The standard InChI is InChI=1S/C23H26ClFN6/c1-14-5-20(29-30(14)2)13-31-11-15-6-19(7-16(15)12-31)28-23-26-9-17(10-27-23)21-8-18(25)3-4-22(21)24/h3-5,8-10,15-16,19H,6-7,11-13H2,1-2H3,(H,26,27,28)/t15-,16+,19-. The van der Waals surface area contributed by atoms with Gasteiger partial charge in [-0.15, -0.1) is 0 Å². The van der Waals surface area contributed by atoms with Gasteiger partial charge in [-0.05, 0) is 55.9 Å². The molecule has 0 unspecified atom stereocenters. The van der Waals surface area contributed by atoms with Gasteiger partial charge in [-0.2, -0.15) is 5.10 Å². The van der Waals surface area contributed by atoms with Gasteiger partial charge in [-0.1, -0.05) is 11.6 Å². The van der Waals surface area contributed by atoms with Crippen molar-refractivity contribution in [1.82, 2.24) is 24.6 Å². The van der Waals surface area contributed by atoms with Crippen molar-refractivity contribution in [3.05, 3.63) is 58.9 Å². The van der Waals surface area contributed by atoms with E-state index in [0.717, 1.165) is 38.2 Å². The monoisotopic (exact) mass is 440 g/mol. The second-order valence-electron chi connectivity index (χ2n) is 8.85. The van der Waals surface area contributed by atoms with Crippen molar-refractivity contribution in [2.45, 2.75) is 32.4 Å². The van der Waals surface area contributed by atoms with Crippen LogP contribution in [0.2, 0.25) is 5.02 Å². The first-order chi connectivity index (χ1) is 14.9. The van der Waals surface area contributed by atoms with Crippen molar-refractivity contribution in [2.75, 3.05) is 18.4 Å². The Balaban J connectivity index is 1.16. The highest BCUT2D eigenvalue weighted by atomic mass is 35.5. The third kappa shape index (κ3) is 4.29. The predicted molar refractivity (Wildman–Crippen MR) is 119 cm³/mol. The number of aryl methyl sites for hydroxylation is 2. The molecule has 3 aromatic rings. The van der Waals surface area contributed by atoms with Gasteiger partial charge in [0.05, 0.1) is 5.69 Å². The molecule has 0 radical (unpaired) electrons. The number of benzene rings is 1. The molecule has 1 saturated heterocycles. The Morgan fingerprint density at radius 3 is 2.48 bits per heavy atom. The van der Waals surface area contributed by atoms with E-state index in [2.05, 4.69) is 38.3 Å². The summed E-state index contributed by atoms with van der Waals surface area (Å²) in [4.78, 5) is 11.4. The van der Waals surface area contributed by atoms with Gasteiger partial charge in [0.1, 0.15) is 5.82 Å². The summed E-state index contributed by atoms with van der Waals surface area (Å²) >= 11 is 6.19. The van der Waals surface area contributed by atoms with E-state index in [1.165, 1.54) is 17.8 Å². The molecule has 8 heteroatoms. The molecule has 0 spiro atoms. The number of hydrogen-bond donors (Lipinski definition) is 1. The summed E-state index contributed by atoms with van der Waals surface area (Å²) in [6, 6.07) is 6.87. The van der Waals surface area contributed by atoms with Crippen molar-refractivity contribution in [2.24, 2.45) is 18.9 Å². The normalized spacial score (nSPS) is 23.3. The minimum Gasteiger partial charge on any atom is -0.351 e. The fourth-order valence-corrected chi connectivity index (χ4v) is 5.25. The lowest BCUT2D eigenvalue weighted by Gasteiger charge is -2.18. The molecule has 1 N–H and O–H groups in total. The molecule has 3 atom stereocenters. The fourth-order valence-electron chi connectivity index (χ4n) is 5.03. The van der Waals surface area contributed by atoms with E-state index in [1.54, 1.807) is 18.5 Å². The maximum atomic E-state index is 13.5. The number of fused-ring (bicyclic) bond motifs is 1. The number of anilines is 1. The number of rotatable bonds is 5. The van der Waals surface area contributed by atoms with Gasteiger partial charge < -0.3 is 5.32 Å². The van der Waals surface area contributed by atoms with E-state index in [9.17, 15) is 4.39 Å². The van der Waals surface area contributed by atoms with Crippen LogP contribution in [0.3, 0.4) is 0 Å². The third-order valence-electron chi connectivity index (χ3n) is 6.60. The van der Waals surface area contributed by atoms with Crippen LogP contribution in [0.15, 0.2) is 36.7 Å². The highest BCUT2D eigenvalue weighted by Gasteiger charge is 2.41. The molecule has 1 aromatic carbocycles. The molecule has 1 saturated carbocycles. The van der Waals surface area contributed by atoms with Gasteiger partial charge in [0, 0.05) is 67.0 Å². The van der Waals surface area contributed by atoms with Gasteiger partial charge in [-0.3, -0.25) is 9.58 Å². The third-order valence-corrected chi connectivity index (χ3v) is 6.93. The lowest BCUT2D eigenvalue weighted by Crippen LogP contribution is -2.25. The van der Waals surface area contributed by atoms with Crippen molar-refractivity contribution in [3.8, 4) is 11.1 Å². The van der Waals surface area contributed by atoms with Crippen LogP contribution in [0.5, 0.6) is 0 Å². The second-order valence-corrected chi connectivity index (χ2v) is 9.25. The Morgan fingerprint density at radius 1 is 1.13 bits per heavy atom. The molecule has 2 aromatic heterocycles. The minimum atomic E-state index is -0.327. The highest BCUT2D eigenvalue weighted by Crippen LogP contribution is 2.39. The van der Waals surface area contributed by atoms with Crippen LogP contribution < -0.4 is 5.32 Å². The Hall–Kier alpha value is -2.51. The number of nitrogens with zero attached hydrogens (tertiary/aromatic N) is 5.